The maximum Gasteiger partial charge on any atom is 0.239 e. The number of primary sulfonamides is 1. The van der Waals surface area contributed by atoms with Crippen molar-refractivity contribution in [2.45, 2.75) is 11.3 Å². The van der Waals surface area contributed by atoms with Gasteiger partial charge in [-0.3, -0.25) is 4.98 Å². The molecule has 2 heterocycles. The molecule has 0 saturated carbocycles. The number of halogens is 1. The topological polar surface area (TPSA) is 89.2 Å². The standard InChI is InChI=1S/C28H23ClN4O2S/c29-28-27(21-16-23(18-31-17-21)36(30,34)35)24-12-7-13-26(25(24)19-32-28)33(22-10-5-2-6-11-22)15-14-20-8-3-1-4-9-20/h1-13,16-19H,14-15H2,(H2,30,34,35). The number of aromatic nitrogens is 2. The number of hydrogen-bond acceptors (Lipinski definition) is 5. The third-order valence-corrected chi connectivity index (χ3v) is 7.19. The monoisotopic (exact) mass is 514 g/mol. The summed E-state index contributed by atoms with van der Waals surface area (Å²) in [4.78, 5) is 10.7. The highest BCUT2D eigenvalue weighted by atomic mass is 35.5. The lowest BCUT2D eigenvalue weighted by atomic mass is 10.0. The molecule has 180 valence electrons. The number of fused-ring (bicyclic) bond motifs is 1. The summed E-state index contributed by atoms with van der Waals surface area (Å²) in [5, 5.41) is 7.31. The molecule has 0 spiro atoms. The van der Waals surface area contributed by atoms with Gasteiger partial charge in [0.15, 0.2) is 0 Å². The molecule has 0 aliphatic carbocycles. The lowest BCUT2D eigenvalue weighted by molar-refractivity contribution is 0.597. The Kier molecular flexibility index (Phi) is 6.69. The van der Waals surface area contributed by atoms with Crippen molar-refractivity contribution in [2.75, 3.05) is 11.4 Å². The highest BCUT2D eigenvalue weighted by molar-refractivity contribution is 7.89. The van der Waals surface area contributed by atoms with Gasteiger partial charge in [0, 0.05) is 47.3 Å². The van der Waals surface area contributed by atoms with Crippen molar-refractivity contribution >= 4 is 43.8 Å². The van der Waals surface area contributed by atoms with Gasteiger partial charge in [-0.05, 0) is 41.6 Å². The predicted molar refractivity (Wildman–Crippen MR) is 145 cm³/mol. The maximum atomic E-state index is 11.9. The van der Waals surface area contributed by atoms with Crippen molar-refractivity contribution in [3.05, 3.63) is 114 Å². The molecule has 6 nitrogen and oxygen atoms in total. The molecular formula is C28H23ClN4O2S. The van der Waals surface area contributed by atoms with E-state index in [1.54, 1.807) is 12.4 Å². The van der Waals surface area contributed by atoms with Gasteiger partial charge < -0.3 is 4.90 Å². The van der Waals surface area contributed by atoms with Crippen LogP contribution in [0.25, 0.3) is 21.9 Å². The second kappa shape index (κ2) is 10.1. The minimum Gasteiger partial charge on any atom is -0.341 e. The molecule has 8 heteroatoms. The first-order valence-electron chi connectivity index (χ1n) is 11.3. The Morgan fingerprint density at radius 3 is 2.28 bits per heavy atom. The molecule has 0 fully saturated rings. The van der Waals surface area contributed by atoms with Gasteiger partial charge in [0.05, 0.1) is 5.69 Å². The Balaban J connectivity index is 1.66. The van der Waals surface area contributed by atoms with Crippen LogP contribution in [0.5, 0.6) is 0 Å². The van der Waals surface area contributed by atoms with E-state index in [1.165, 1.54) is 17.8 Å². The van der Waals surface area contributed by atoms with Gasteiger partial charge in [-0.15, -0.1) is 0 Å². The van der Waals surface area contributed by atoms with Crippen molar-refractivity contribution in [2.24, 2.45) is 5.14 Å². The summed E-state index contributed by atoms with van der Waals surface area (Å²) in [6, 6.07) is 28.0. The Morgan fingerprint density at radius 2 is 1.56 bits per heavy atom. The van der Waals surface area contributed by atoms with Crippen LogP contribution >= 0.6 is 11.6 Å². The van der Waals surface area contributed by atoms with Gasteiger partial charge in [0.25, 0.3) is 0 Å². The highest BCUT2D eigenvalue weighted by Crippen LogP contribution is 2.39. The number of pyridine rings is 2. The number of benzene rings is 3. The fraction of sp³-hybridized carbons (Fsp3) is 0.0714. The van der Waals surface area contributed by atoms with Crippen LogP contribution in [-0.2, 0) is 16.4 Å². The summed E-state index contributed by atoms with van der Waals surface area (Å²) < 4.78 is 23.9. The van der Waals surface area contributed by atoms with E-state index >= 15 is 0 Å². The summed E-state index contributed by atoms with van der Waals surface area (Å²) in [5.41, 5.74) is 4.39. The molecule has 0 atom stereocenters. The zero-order chi connectivity index (χ0) is 25.1. The molecule has 3 aromatic carbocycles. The number of rotatable bonds is 7. The van der Waals surface area contributed by atoms with E-state index in [9.17, 15) is 8.42 Å². The van der Waals surface area contributed by atoms with E-state index in [2.05, 4.69) is 45.2 Å². The van der Waals surface area contributed by atoms with Crippen LogP contribution in [0.15, 0.2) is 108 Å². The lowest BCUT2D eigenvalue weighted by Gasteiger charge is -2.27. The third kappa shape index (κ3) is 4.95. The molecule has 2 N–H and O–H groups in total. The van der Waals surface area contributed by atoms with Crippen molar-refractivity contribution in [3.63, 3.8) is 0 Å². The lowest BCUT2D eigenvalue weighted by Crippen LogP contribution is -2.20. The van der Waals surface area contributed by atoms with Crippen LogP contribution in [0, 0.1) is 0 Å². The Morgan fingerprint density at radius 1 is 0.833 bits per heavy atom. The fourth-order valence-corrected chi connectivity index (χ4v) is 5.07. The number of anilines is 2. The third-order valence-electron chi connectivity index (χ3n) is 6.02. The van der Waals surface area contributed by atoms with E-state index in [1.807, 2.05) is 48.5 Å². The van der Waals surface area contributed by atoms with E-state index < -0.39 is 10.0 Å². The van der Waals surface area contributed by atoms with E-state index in [4.69, 9.17) is 16.7 Å². The second-order valence-corrected chi connectivity index (χ2v) is 10.3. The largest absolute Gasteiger partial charge is 0.341 e. The number of nitrogens with zero attached hydrogens (tertiary/aromatic N) is 3. The highest BCUT2D eigenvalue weighted by Gasteiger charge is 2.18. The summed E-state index contributed by atoms with van der Waals surface area (Å²) in [7, 11) is -3.93. The SMILES string of the molecule is NS(=O)(=O)c1cncc(-c2c(Cl)ncc3c(N(CCc4ccccc4)c4ccccc4)cccc23)c1. The molecule has 0 amide bonds. The van der Waals surface area contributed by atoms with Gasteiger partial charge in [0.2, 0.25) is 10.0 Å². The first kappa shape index (κ1) is 23.9. The summed E-state index contributed by atoms with van der Waals surface area (Å²) >= 11 is 6.56. The number of para-hydroxylation sites is 1. The number of nitrogens with two attached hydrogens (primary N) is 1. The van der Waals surface area contributed by atoms with Crippen LogP contribution in [0.1, 0.15) is 5.56 Å². The second-order valence-electron chi connectivity index (χ2n) is 8.34. The molecule has 36 heavy (non-hydrogen) atoms. The zero-order valence-corrected chi connectivity index (χ0v) is 20.8. The Labute approximate surface area is 215 Å². The quantitative estimate of drug-likeness (QED) is 0.270. The summed E-state index contributed by atoms with van der Waals surface area (Å²) in [5.74, 6) is 0. The molecule has 5 rings (SSSR count). The molecule has 5 aromatic rings. The molecule has 0 unspecified atom stereocenters. The average molecular weight is 515 g/mol. The zero-order valence-electron chi connectivity index (χ0n) is 19.3. The molecular weight excluding hydrogens is 492 g/mol. The van der Waals surface area contributed by atoms with Crippen molar-refractivity contribution in [3.8, 4) is 11.1 Å². The van der Waals surface area contributed by atoms with Gasteiger partial charge in [-0.25, -0.2) is 18.5 Å². The van der Waals surface area contributed by atoms with Crippen LogP contribution in [0.4, 0.5) is 11.4 Å². The smallest absolute Gasteiger partial charge is 0.239 e. The van der Waals surface area contributed by atoms with Crippen molar-refractivity contribution in [1.82, 2.24) is 9.97 Å². The maximum absolute atomic E-state index is 11.9. The van der Waals surface area contributed by atoms with Gasteiger partial charge >= 0.3 is 0 Å². The molecule has 0 aliphatic rings. The first-order valence-corrected chi connectivity index (χ1v) is 13.3. The normalized spacial score (nSPS) is 11.5. The Bertz CT molecular complexity index is 1630. The minimum atomic E-state index is -3.93. The summed E-state index contributed by atoms with van der Waals surface area (Å²) in [6.07, 6.45) is 5.39. The number of hydrogen-bond donors (Lipinski definition) is 1. The summed E-state index contributed by atoms with van der Waals surface area (Å²) in [6.45, 7) is 0.744. The minimum absolute atomic E-state index is 0.0852. The van der Waals surface area contributed by atoms with E-state index in [0.717, 1.165) is 35.1 Å². The van der Waals surface area contributed by atoms with E-state index in [-0.39, 0.29) is 10.0 Å². The van der Waals surface area contributed by atoms with Crippen molar-refractivity contribution < 1.29 is 8.42 Å². The van der Waals surface area contributed by atoms with Crippen LogP contribution in [0.3, 0.4) is 0 Å². The van der Waals surface area contributed by atoms with Crippen LogP contribution < -0.4 is 10.0 Å². The molecule has 2 aromatic heterocycles. The average Bonchev–Trinajstić information content (AvgIpc) is 2.89. The van der Waals surface area contributed by atoms with Crippen LogP contribution in [-0.4, -0.2) is 24.9 Å². The van der Waals surface area contributed by atoms with E-state index in [0.29, 0.717) is 11.1 Å². The fourth-order valence-electron chi connectivity index (χ4n) is 4.31. The Hall–Kier alpha value is -3.78. The van der Waals surface area contributed by atoms with Crippen molar-refractivity contribution in [1.29, 1.82) is 0 Å². The van der Waals surface area contributed by atoms with Crippen LogP contribution in [0.2, 0.25) is 5.15 Å². The van der Waals surface area contributed by atoms with Gasteiger partial charge in [-0.1, -0.05) is 72.3 Å². The molecule has 0 bridgehead atoms. The molecule has 0 saturated heterocycles. The number of sulfonamides is 1. The molecule has 0 aliphatic heterocycles. The first-order chi connectivity index (χ1) is 17.4. The molecule has 0 radical (unpaired) electrons. The van der Waals surface area contributed by atoms with Gasteiger partial charge in [-0.2, -0.15) is 0 Å². The van der Waals surface area contributed by atoms with Gasteiger partial charge in [0.1, 0.15) is 10.0 Å². The predicted octanol–water partition coefficient (Wildman–Crippen LogP) is 5.98.